The second kappa shape index (κ2) is 5.23. The number of nitrogens with one attached hydrogen (secondary N) is 1. The minimum Gasteiger partial charge on any atom is -0.330 e. The highest BCUT2D eigenvalue weighted by Gasteiger charge is 2.16. The second-order valence-electron chi connectivity index (χ2n) is 3.37. The SMILES string of the molecule is CC(CN)C(=O)Nc1c(F)cc(F)cc1Cl. The van der Waals surface area contributed by atoms with Crippen LogP contribution in [0.5, 0.6) is 0 Å². The zero-order chi connectivity index (χ0) is 12.3. The van der Waals surface area contributed by atoms with E-state index in [4.69, 9.17) is 17.3 Å². The Morgan fingerprint density at radius 2 is 2.19 bits per heavy atom. The molecule has 1 atom stereocenters. The van der Waals surface area contributed by atoms with Crippen molar-refractivity contribution in [1.29, 1.82) is 0 Å². The van der Waals surface area contributed by atoms with Crippen molar-refractivity contribution in [3.63, 3.8) is 0 Å². The van der Waals surface area contributed by atoms with Crippen molar-refractivity contribution < 1.29 is 13.6 Å². The summed E-state index contributed by atoms with van der Waals surface area (Å²) in [5.74, 6) is -2.65. The maximum Gasteiger partial charge on any atom is 0.228 e. The monoisotopic (exact) mass is 248 g/mol. The molecule has 1 aromatic rings. The molecular weight excluding hydrogens is 238 g/mol. The first kappa shape index (κ1) is 12.9. The van der Waals surface area contributed by atoms with E-state index < -0.39 is 23.5 Å². The number of nitrogens with two attached hydrogens (primary N) is 1. The summed E-state index contributed by atoms with van der Waals surface area (Å²) in [6.45, 7) is 1.72. The van der Waals surface area contributed by atoms with Gasteiger partial charge in [0.2, 0.25) is 5.91 Å². The van der Waals surface area contributed by atoms with Crippen molar-refractivity contribution in [2.24, 2.45) is 11.7 Å². The highest BCUT2D eigenvalue weighted by atomic mass is 35.5. The first-order valence-corrected chi connectivity index (χ1v) is 4.99. The van der Waals surface area contributed by atoms with E-state index in [1.54, 1.807) is 6.92 Å². The molecule has 0 aliphatic rings. The van der Waals surface area contributed by atoms with Crippen LogP contribution >= 0.6 is 11.6 Å². The van der Waals surface area contributed by atoms with Crippen molar-refractivity contribution in [1.82, 2.24) is 0 Å². The number of rotatable bonds is 3. The van der Waals surface area contributed by atoms with Gasteiger partial charge in [0, 0.05) is 18.5 Å². The van der Waals surface area contributed by atoms with Crippen LogP contribution in [0.15, 0.2) is 12.1 Å². The van der Waals surface area contributed by atoms with Gasteiger partial charge in [-0.15, -0.1) is 0 Å². The molecule has 16 heavy (non-hydrogen) atoms. The van der Waals surface area contributed by atoms with Crippen LogP contribution in [0.4, 0.5) is 14.5 Å². The molecule has 0 aliphatic heterocycles. The lowest BCUT2D eigenvalue weighted by molar-refractivity contribution is -0.119. The van der Waals surface area contributed by atoms with E-state index in [1.165, 1.54) is 0 Å². The average molecular weight is 249 g/mol. The molecule has 1 unspecified atom stereocenters. The summed E-state index contributed by atoms with van der Waals surface area (Å²) in [6, 6.07) is 1.57. The molecule has 1 amide bonds. The Balaban J connectivity index is 2.93. The number of hydrogen-bond acceptors (Lipinski definition) is 2. The normalized spacial score (nSPS) is 12.3. The Hall–Kier alpha value is -1.20. The molecule has 0 bridgehead atoms. The lowest BCUT2D eigenvalue weighted by Gasteiger charge is -2.11. The molecule has 1 rings (SSSR count). The fourth-order valence-electron chi connectivity index (χ4n) is 1.02. The summed E-state index contributed by atoms with van der Waals surface area (Å²) in [5, 5.41) is 2.08. The number of halogens is 3. The summed E-state index contributed by atoms with van der Waals surface area (Å²) < 4.78 is 26.0. The Bertz CT molecular complexity index is 389. The third-order valence-corrected chi connectivity index (χ3v) is 2.35. The van der Waals surface area contributed by atoms with Crippen LogP contribution in [0.3, 0.4) is 0 Å². The van der Waals surface area contributed by atoms with Gasteiger partial charge in [0.05, 0.1) is 10.7 Å². The summed E-state index contributed by atoms with van der Waals surface area (Å²) in [4.78, 5) is 11.4. The molecule has 1 aromatic carbocycles. The summed E-state index contributed by atoms with van der Waals surface area (Å²) in [5.41, 5.74) is 5.05. The standard InChI is InChI=1S/C10H11ClF2N2O/c1-5(4-14)10(16)15-9-7(11)2-6(12)3-8(9)13/h2-3,5H,4,14H2,1H3,(H,15,16). The fourth-order valence-corrected chi connectivity index (χ4v) is 1.26. The highest BCUT2D eigenvalue weighted by Crippen LogP contribution is 2.26. The molecule has 0 radical (unpaired) electrons. The average Bonchev–Trinajstić information content (AvgIpc) is 2.21. The van der Waals surface area contributed by atoms with Gasteiger partial charge in [-0.2, -0.15) is 0 Å². The van der Waals surface area contributed by atoms with Crippen molar-refractivity contribution >= 4 is 23.2 Å². The third kappa shape index (κ3) is 2.90. The lowest BCUT2D eigenvalue weighted by atomic mass is 10.1. The quantitative estimate of drug-likeness (QED) is 0.861. The van der Waals surface area contributed by atoms with Crippen LogP contribution in [0.25, 0.3) is 0 Å². The topological polar surface area (TPSA) is 55.1 Å². The van der Waals surface area contributed by atoms with Crippen LogP contribution in [-0.4, -0.2) is 12.5 Å². The van der Waals surface area contributed by atoms with Gasteiger partial charge in [0.1, 0.15) is 5.82 Å². The Morgan fingerprint density at radius 3 is 2.69 bits per heavy atom. The van der Waals surface area contributed by atoms with E-state index >= 15 is 0 Å². The third-order valence-electron chi connectivity index (χ3n) is 2.06. The van der Waals surface area contributed by atoms with Gasteiger partial charge in [-0.1, -0.05) is 18.5 Å². The van der Waals surface area contributed by atoms with Crippen LogP contribution in [0.2, 0.25) is 5.02 Å². The smallest absolute Gasteiger partial charge is 0.228 e. The van der Waals surface area contributed by atoms with Crippen molar-refractivity contribution in [2.45, 2.75) is 6.92 Å². The minimum atomic E-state index is -0.914. The zero-order valence-electron chi connectivity index (χ0n) is 8.56. The van der Waals surface area contributed by atoms with Gasteiger partial charge in [0.25, 0.3) is 0 Å². The Kier molecular flexibility index (Phi) is 4.20. The van der Waals surface area contributed by atoms with Gasteiger partial charge in [-0.3, -0.25) is 4.79 Å². The number of benzene rings is 1. The van der Waals surface area contributed by atoms with E-state index in [0.717, 1.165) is 6.07 Å². The van der Waals surface area contributed by atoms with Crippen LogP contribution < -0.4 is 11.1 Å². The van der Waals surface area contributed by atoms with E-state index in [2.05, 4.69) is 5.32 Å². The maximum absolute atomic E-state index is 13.3. The second-order valence-corrected chi connectivity index (χ2v) is 3.78. The molecule has 0 aliphatic carbocycles. The highest BCUT2D eigenvalue weighted by molar-refractivity contribution is 6.33. The van der Waals surface area contributed by atoms with Gasteiger partial charge in [-0.25, -0.2) is 8.78 Å². The number of anilines is 1. The van der Waals surface area contributed by atoms with Crippen LogP contribution in [0, 0.1) is 17.6 Å². The van der Waals surface area contributed by atoms with Crippen molar-refractivity contribution in [2.75, 3.05) is 11.9 Å². The Morgan fingerprint density at radius 1 is 1.56 bits per heavy atom. The summed E-state index contributed by atoms with van der Waals surface area (Å²) >= 11 is 5.60. The van der Waals surface area contributed by atoms with E-state index in [-0.39, 0.29) is 17.3 Å². The van der Waals surface area contributed by atoms with Gasteiger partial charge < -0.3 is 11.1 Å². The molecule has 0 fully saturated rings. The van der Waals surface area contributed by atoms with Gasteiger partial charge in [0.15, 0.2) is 5.82 Å². The Labute approximate surface area is 96.6 Å². The molecule has 88 valence electrons. The van der Waals surface area contributed by atoms with E-state index in [1.807, 2.05) is 0 Å². The first-order chi connectivity index (χ1) is 7.45. The predicted octanol–water partition coefficient (Wildman–Crippen LogP) is 2.15. The summed E-state index contributed by atoms with van der Waals surface area (Å²) in [6.07, 6.45) is 0. The number of carbonyl (C=O) groups is 1. The largest absolute Gasteiger partial charge is 0.330 e. The molecular formula is C10H11ClF2N2O. The molecule has 3 nitrogen and oxygen atoms in total. The molecule has 0 heterocycles. The fraction of sp³-hybridized carbons (Fsp3) is 0.300. The molecule has 0 spiro atoms. The first-order valence-electron chi connectivity index (χ1n) is 4.61. The summed E-state index contributed by atoms with van der Waals surface area (Å²) in [7, 11) is 0. The van der Waals surface area contributed by atoms with E-state index in [9.17, 15) is 13.6 Å². The van der Waals surface area contributed by atoms with Gasteiger partial charge in [-0.05, 0) is 6.07 Å². The molecule has 6 heteroatoms. The lowest BCUT2D eigenvalue weighted by Crippen LogP contribution is -2.27. The van der Waals surface area contributed by atoms with Crippen LogP contribution in [-0.2, 0) is 4.79 Å². The molecule has 0 aromatic heterocycles. The molecule has 3 N–H and O–H groups in total. The van der Waals surface area contributed by atoms with E-state index in [0.29, 0.717) is 6.07 Å². The predicted molar refractivity (Wildman–Crippen MR) is 58.2 cm³/mol. The minimum absolute atomic E-state index is 0.131. The van der Waals surface area contributed by atoms with Crippen LogP contribution in [0.1, 0.15) is 6.92 Å². The maximum atomic E-state index is 13.3. The van der Waals surface area contributed by atoms with Crippen molar-refractivity contribution in [3.8, 4) is 0 Å². The number of carbonyl (C=O) groups excluding carboxylic acids is 1. The number of amides is 1. The zero-order valence-corrected chi connectivity index (χ0v) is 9.31. The van der Waals surface area contributed by atoms with Gasteiger partial charge >= 0.3 is 0 Å². The van der Waals surface area contributed by atoms with Crippen molar-refractivity contribution in [3.05, 3.63) is 28.8 Å². The number of hydrogen-bond donors (Lipinski definition) is 2. The molecule has 0 saturated carbocycles. The molecule has 0 saturated heterocycles.